The average molecular weight is 427 g/mol. The molecule has 0 amide bonds. The summed E-state index contributed by atoms with van der Waals surface area (Å²) in [7, 11) is 0. The quantitative estimate of drug-likeness (QED) is 0.672. The number of rotatable bonds is 8. The molecule has 154 valence electrons. The number of nitrogens with one attached hydrogen (secondary N) is 1. The van der Waals surface area contributed by atoms with Crippen LogP contribution in [0.5, 0.6) is 5.75 Å². The number of carboxylic acids is 1. The standard InChI is InChI=1S/C21H26N2O3.2ClH/c24-21(25)16-26-20-8-6-17(7-9-20)14-22-19-10-12-23(13-11-19)15-18-4-2-1-3-5-18;;/h1-9,19,22H,10-16H2,(H,24,25);2*1H. The number of carboxylic acid groups (broad SMARTS) is 1. The molecule has 1 aliphatic heterocycles. The number of likely N-dealkylation sites (tertiary alicyclic amines) is 1. The van der Waals surface area contributed by atoms with Gasteiger partial charge in [-0.15, -0.1) is 24.8 Å². The molecule has 28 heavy (non-hydrogen) atoms. The first-order valence-electron chi connectivity index (χ1n) is 9.12. The van der Waals surface area contributed by atoms with Crippen LogP contribution in [0.2, 0.25) is 0 Å². The van der Waals surface area contributed by atoms with E-state index in [2.05, 4.69) is 40.5 Å². The highest BCUT2D eigenvalue weighted by Gasteiger charge is 2.18. The molecule has 5 nitrogen and oxygen atoms in total. The predicted molar refractivity (Wildman–Crippen MR) is 116 cm³/mol. The zero-order valence-corrected chi connectivity index (χ0v) is 17.4. The number of nitrogens with zero attached hydrogens (tertiary/aromatic N) is 1. The molecule has 0 spiro atoms. The van der Waals surface area contributed by atoms with E-state index in [1.807, 2.05) is 24.3 Å². The van der Waals surface area contributed by atoms with Crippen LogP contribution in [0, 0.1) is 0 Å². The third-order valence-corrected chi connectivity index (χ3v) is 4.72. The van der Waals surface area contributed by atoms with Crippen LogP contribution in [-0.4, -0.2) is 41.7 Å². The van der Waals surface area contributed by atoms with E-state index < -0.39 is 5.97 Å². The van der Waals surface area contributed by atoms with E-state index >= 15 is 0 Å². The lowest BCUT2D eigenvalue weighted by atomic mass is 10.0. The summed E-state index contributed by atoms with van der Waals surface area (Å²) in [6.07, 6.45) is 2.32. The maximum atomic E-state index is 10.5. The predicted octanol–water partition coefficient (Wildman–Crippen LogP) is 3.75. The van der Waals surface area contributed by atoms with Crippen LogP contribution in [0.4, 0.5) is 0 Å². The Morgan fingerprint density at radius 1 is 1.00 bits per heavy atom. The molecule has 0 unspecified atom stereocenters. The first-order valence-corrected chi connectivity index (χ1v) is 9.12. The molecule has 0 saturated carbocycles. The zero-order chi connectivity index (χ0) is 18.2. The first-order chi connectivity index (χ1) is 12.7. The highest BCUT2D eigenvalue weighted by atomic mass is 35.5. The number of piperidine rings is 1. The van der Waals surface area contributed by atoms with E-state index in [1.165, 1.54) is 11.1 Å². The molecule has 2 aromatic carbocycles. The van der Waals surface area contributed by atoms with Crippen LogP contribution in [0.15, 0.2) is 54.6 Å². The van der Waals surface area contributed by atoms with Crippen molar-refractivity contribution in [1.82, 2.24) is 10.2 Å². The molecule has 3 rings (SSSR count). The Morgan fingerprint density at radius 2 is 1.64 bits per heavy atom. The normalized spacial score (nSPS) is 14.6. The van der Waals surface area contributed by atoms with Crippen LogP contribution in [0.1, 0.15) is 24.0 Å². The molecule has 0 aromatic heterocycles. The van der Waals surface area contributed by atoms with Crippen molar-refractivity contribution in [3.63, 3.8) is 0 Å². The van der Waals surface area contributed by atoms with Crippen molar-refractivity contribution < 1.29 is 14.6 Å². The Hall–Kier alpha value is -1.79. The van der Waals surface area contributed by atoms with Gasteiger partial charge in [-0.2, -0.15) is 0 Å². The Kier molecular flexibility index (Phi) is 10.9. The lowest BCUT2D eigenvalue weighted by Gasteiger charge is -2.32. The van der Waals surface area contributed by atoms with Gasteiger partial charge in [0.1, 0.15) is 5.75 Å². The number of ether oxygens (including phenoxy) is 1. The second-order valence-corrected chi connectivity index (χ2v) is 6.74. The number of hydrogen-bond acceptors (Lipinski definition) is 4. The summed E-state index contributed by atoms with van der Waals surface area (Å²) in [5, 5.41) is 12.3. The van der Waals surface area contributed by atoms with Crippen molar-refractivity contribution in [3.8, 4) is 5.75 Å². The molecule has 0 radical (unpaired) electrons. The number of hydrogen-bond donors (Lipinski definition) is 2. The Labute approximate surface area is 178 Å². The van der Waals surface area contributed by atoms with Gasteiger partial charge in [0, 0.05) is 19.1 Å². The Bertz CT molecular complexity index is 691. The smallest absolute Gasteiger partial charge is 0.341 e. The lowest BCUT2D eigenvalue weighted by Crippen LogP contribution is -2.41. The third-order valence-electron chi connectivity index (χ3n) is 4.72. The van der Waals surface area contributed by atoms with E-state index in [9.17, 15) is 4.79 Å². The van der Waals surface area contributed by atoms with Crippen molar-refractivity contribution in [1.29, 1.82) is 0 Å². The van der Waals surface area contributed by atoms with Gasteiger partial charge in [0.25, 0.3) is 0 Å². The van der Waals surface area contributed by atoms with Gasteiger partial charge in [0.15, 0.2) is 6.61 Å². The molecular weight excluding hydrogens is 399 g/mol. The van der Waals surface area contributed by atoms with Gasteiger partial charge in [-0.05, 0) is 49.2 Å². The monoisotopic (exact) mass is 426 g/mol. The molecule has 1 heterocycles. The Balaban J connectivity index is 0.00000196. The van der Waals surface area contributed by atoms with Gasteiger partial charge in [-0.25, -0.2) is 4.79 Å². The van der Waals surface area contributed by atoms with Crippen LogP contribution < -0.4 is 10.1 Å². The number of halogens is 2. The van der Waals surface area contributed by atoms with Crippen LogP contribution in [-0.2, 0) is 17.9 Å². The second-order valence-electron chi connectivity index (χ2n) is 6.74. The molecule has 2 aromatic rings. The van der Waals surface area contributed by atoms with Gasteiger partial charge in [0.2, 0.25) is 0 Å². The average Bonchev–Trinajstić information content (AvgIpc) is 2.67. The maximum absolute atomic E-state index is 10.5. The van der Waals surface area contributed by atoms with Crippen molar-refractivity contribution >= 4 is 30.8 Å². The zero-order valence-electron chi connectivity index (χ0n) is 15.8. The van der Waals surface area contributed by atoms with Crippen molar-refractivity contribution in [2.45, 2.75) is 32.0 Å². The highest BCUT2D eigenvalue weighted by molar-refractivity contribution is 5.85. The van der Waals surface area contributed by atoms with E-state index in [-0.39, 0.29) is 31.4 Å². The minimum Gasteiger partial charge on any atom is -0.482 e. The first kappa shape index (κ1) is 24.2. The van der Waals surface area contributed by atoms with E-state index in [0.717, 1.165) is 39.0 Å². The minimum atomic E-state index is -0.964. The molecule has 0 aliphatic carbocycles. The fraction of sp³-hybridized carbons (Fsp3) is 0.381. The van der Waals surface area contributed by atoms with Gasteiger partial charge in [-0.1, -0.05) is 42.5 Å². The van der Waals surface area contributed by atoms with Crippen molar-refractivity contribution in [3.05, 3.63) is 65.7 Å². The van der Waals surface area contributed by atoms with Gasteiger partial charge in [-0.3, -0.25) is 4.90 Å². The summed E-state index contributed by atoms with van der Waals surface area (Å²) in [4.78, 5) is 13.0. The van der Waals surface area contributed by atoms with Crippen LogP contribution >= 0.6 is 24.8 Å². The second kappa shape index (κ2) is 12.6. The summed E-state index contributed by atoms with van der Waals surface area (Å²) >= 11 is 0. The molecule has 0 atom stereocenters. The van der Waals surface area contributed by atoms with Crippen LogP contribution in [0.25, 0.3) is 0 Å². The Morgan fingerprint density at radius 3 is 2.25 bits per heavy atom. The van der Waals surface area contributed by atoms with Crippen molar-refractivity contribution in [2.24, 2.45) is 0 Å². The fourth-order valence-electron chi connectivity index (χ4n) is 3.25. The van der Waals surface area contributed by atoms with E-state index in [4.69, 9.17) is 9.84 Å². The molecule has 0 bridgehead atoms. The summed E-state index contributed by atoms with van der Waals surface area (Å²) < 4.78 is 5.15. The fourth-order valence-corrected chi connectivity index (χ4v) is 3.25. The van der Waals surface area contributed by atoms with Gasteiger partial charge >= 0.3 is 5.97 Å². The van der Waals surface area contributed by atoms with E-state index in [1.54, 1.807) is 0 Å². The number of benzene rings is 2. The van der Waals surface area contributed by atoms with E-state index in [0.29, 0.717) is 11.8 Å². The molecule has 2 N–H and O–H groups in total. The molecular formula is C21H28Cl2N2O3. The molecule has 1 aliphatic rings. The largest absolute Gasteiger partial charge is 0.482 e. The SMILES string of the molecule is Cl.Cl.O=C(O)COc1ccc(CNC2CCN(Cc3ccccc3)CC2)cc1. The summed E-state index contributed by atoms with van der Waals surface area (Å²) in [6.45, 7) is 3.79. The summed E-state index contributed by atoms with van der Waals surface area (Å²) in [6, 6.07) is 18.8. The number of carbonyl (C=O) groups is 1. The molecule has 1 fully saturated rings. The topological polar surface area (TPSA) is 61.8 Å². The number of aliphatic carboxylic acids is 1. The molecule has 1 saturated heterocycles. The minimum absolute atomic E-state index is 0. The maximum Gasteiger partial charge on any atom is 0.341 e. The third kappa shape index (κ3) is 8.07. The van der Waals surface area contributed by atoms with Crippen LogP contribution in [0.3, 0.4) is 0 Å². The van der Waals surface area contributed by atoms with Gasteiger partial charge < -0.3 is 15.2 Å². The van der Waals surface area contributed by atoms with Crippen molar-refractivity contribution in [2.75, 3.05) is 19.7 Å². The summed E-state index contributed by atoms with van der Waals surface area (Å²) in [5.41, 5.74) is 2.56. The van der Waals surface area contributed by atoms with Gasteiger partial charge in [0.05, 0.1) is 0 Å². The molecule has 7 heteroatoms. The summed E-state index contributed by atoms with van der Waals surface area (Å²) in [5.74, 6) is -0.375. The highest BCUT2D eigenvalue weighted by Crippen LogP contribution is 2.16. The lowest BCUT2D eigenvalue weighted by molar-refractivity contribution is -0.139.